The van der Waals surface area contributed by atoms with Crippen LogP contribution in [0.4, 0.5) is 0 Å². The van der Waals surface area contributed by atoms with E-state index >= 15 is 0 Å². The first-order valence-corrected chi connectivity index (χ1v) is 5.23. The minimum absolute atomic E-state index is 0.193. The summed E-state index contributed by atoms with van der Waals surface area (Å²) in [5.74, 6) is 0.850. The standard InChI is InChI=1S/C11H12BNO4/c1-2-11(14)13-6-5-8-3-4-9-10(7-8)17-12(15)16-9/h2-4,7,15H,1,5-6H2,(H,13,14). The number of carbonyl (C=O) groups is 1. The second-order valence-corrected chi connectivity index (χ2v) is 3.57. The fraction of sp³-hybridized carbons (Fsp3) is 0.182. The number of nitrogens with one attached hydrogen (secondary N) is 1. The van der Waals surface area contributed by atoms with Gasteiger partial charge in [0.25, 0.3) is 0 Å². The number of hydrogen-bond donors (Lipinski definition) is 2. The normalized spacial score (nSPS) is 12.4. The molecule has 6 heteroatoms. The van der Waals surface area contributed by atoms with Crippen LogP contribution in [-0.2, 0) is 11.2 Å². The first-order valence-electron chi connectivity index (χ1n) is 5.23. The monoisotopic (exact) mass is 233 g/mol. The molecule has 0 spiro atoms. The molecule has 0 aromatic heterocycles. The Morgan fingerprint density at radius 1 is 1.47 bits per heavy atom. The quantitative estimate of drug-likeness (QED) is 0.579. The van der Waals surface area contributed by atoms with Gasteiger partial charge >= 0.3 is 7.32 Å². The van der Waals surface area contributed by atoms with Crippen LogP contribution in [0.15, 0.2) is 30.9 Å². The highest BCUT2D eigenvalue weighted by Gasteiger charge is 2.30. The van der Waals surface area contributed by atoms with Crippen LogP contribution in [0.3, 0.4) is 0 Å². The number of benzene rings is 1. The maximum absolute atomic E-state index is 10.9. The summed E-state index contributed by atoms with van der Waals surface area (Å²) in [6.07, 6.45) is 1.91. The molecule has 5 nitrogen and oxygen atoms in total. The van der Waals surface area contributed by atoms with Crippen LogP contribution >= 0.6 is 0 Å². The summed E-state index contributed by atoms with van der Waals surface area (Å²) < 4.78 is 10.00. The summed E-state index contributed by atoms with van der Waals surface area (Å²) in [4.78, 5) is 10.9. The van der Waals surface area contributed by atoms with Crippen molar-refractivity contribution in [1.29, 1.82) is 0 Å². The predicted molar refractivity (Wildman–Crippen MR) is 62.6 cm³/mol. The number of hydrogen-bond acceptors (Lipinski definition) is 4. The molecule has 17 heavy (non-hydrogen) atoms. The zero-order valence-corrected chi connectivity index (χ0v) is 9.18. The van der Waals surface area contributed by atoms with Crippen LogP contribution < -0.4 is 14.6 Å². The molecule has 1 aromatic carbocycles. The van der Waals surface area contributed by atoms with Crippen molar-refractivity contribution in [2.45, 2.75) is 6.42 Å². The molecule has 0 radical (unpaired) electrons. The second-order valence-electron chi connectivity index (χ2n) is 3.57. The molecule has 1 aliphatic heterocycles. The van der Waals surface area contributed by atoms with Gasteiger partial charge in [-0.1, -0.05) is 12.6 Å². The highest BCUT2D eigenvalue weighted by Crippen LogP contribution is 2.33. The molecule has 1 aromatic rings. The summed E-state index contributed by atoms with van der Waals surface area (Å²) in [5.41, 5.74) is 0.991. The number of amides is 1. The van der Waals surface area contributed by atoms with E-state index in [-0.39, 0.29) is 5.91 Å². The van der Waals surface area contributed by atoms with Crippen molar-refractivity contribution in [3.8, 4) is 11.5 Å². The van der Waals surface area contributed by atoms with E-state index < -0.39 is 7.32 Å². The summed E-state index contributed by atoms with van der Waals surface area (Å²) in [6, 6.07) is 5.38. The fourth-order valence-corrected chi connectivity index (χ4v) is 1.54. The molecule has 0 aliphatic carbocycles. The van der Waals surface area contributed by atoms with E-state index in [2.05, 4.69) is 11.9 Å². The number of fused-ring (bicyclic) bond motifs is 1. The van der Waals surface area contributed by atoms with Crippen LogP contribution in [0, 0.1) is 0 Å². The Labute approximate surface area is 99.2 Å². The maximum Gasteiger partial charge on any atom is 0.785 e. The molecule has 0 saturated heterocycles. The van der Waals surface area contributed by atoms with Crippen molar-refractivity contribution in [2.24, 2.45) is 0 Å². The minimum atomic E-state index is -1.22. The third kappa shape index (κ3) is 2.79. The molecule has 0 unspecified atom stereocenters. The fourth-order valence-electron chi connectivity index (χ4n) is 1.54. The van der Waals surface area contributed by atoms with Crippen molar-refractivity contribution in [3.05, 3.63) is 36.4 Å². The molecule has 0 saturated carbocycles. The largest absolute Gasteiger partial charge is 0.785 e. The summed E-state index contributed by atoms with van der Waals surface area (Å²) in [5, 5.41) is 11.8. The van der Waals surface area contributed by atoms with E-state index in [0.29, 0.717) is 24.5 Å². The lowest BCUT2D eigenvalue weighted by molar-refractivity contribution is -0.116. The van der Waals surface area contributed by atoms with Gasteiger partial charge in [0.05, 0.1) is 0 Å². The molecule has 1 aliphatic rings. The Morgan fingerprint density at radius 2 is 2.24 bits per heavy atom. The lowest BCUT2D eigenvalue weighted by Gasteiger charge is -2.04. The Morgan fingerprint density at radius 3 is 3.00 bits per heavy atom. The van der Waals surface area contributed by atoms with E-state index in [4.69, 9.17) is 14.3 Å². The van der Waals surface area contributed by atoms with Crippen molar-refractivity contribution < 1.29 is 19.1 Å². The Hall–Kier alpha value is -1.95. The summed E-state index contributed by atoms with van der Waals surface area (Å²) in [7, 11) is -1.22. The van der Waals surface area contributed by atoms with Crippen LogP contribution in [0.2, 0.25) is 0 Å². The van der Waals surface area contributed by atoms with Gasteiger partial charge in [-0.15, -0.1) is 0 Å². The van der Waals surface area contributed by atoms with E-state index in [1.54, 1.807) is 12.1 Å². The van der Waals surface area contributed by atoms with Crippen LogP contribution in [0.1, 0.15) is 5.56 Å². The van der Waals surface area contributed by atoms with Gasteiger partial charge in [0, 0.05) is 6.54 Å². The van der Waals surface area contributed by atoms with E-state index in [1.165, 1.54) is 6.08 Å². The van der Waals surface area contributed by atoms with E-state index in [9.17, 15) is 4.79 Å². The minimum Gasteiger partial charge on any atom is -0.498 e. The summed E-state index contributed by atoms with van der Waals surface area (Å²) in [6.45, 7) is 3.89. The smallest absolute Gasteiger partial charge is 0.498 e. The first-order chi connectivity index (χ1) is 8.19. The lowest BCUT2D eigenvalue weighted by atomic mass is 10.1. The van der Waals surface area contributed by atoms with Crippen LogP contribution in [-0.4, -0.2) is 24.8 Å². The molecule has 1 heterocycles. The second kappa shape index (κ2) is 4.92. The van der Waals surface area contributed by atoms with Crippen molar-refractivity contribution in [1.82, 2.24) is 5.32 Å². The average Bonchev–Trinajstić information content (AvgIpc) is 2.68. The van der Waals surface area contributed by atoms with Crippen LogP contribution in [0.5, 0.6) is 11.5 Å². The van der Waals surface area contributed by atoms with Gasteiger partial charge in [-0.05, 0) is 30.2 Å². The van der Waals surface area contributed by atoms with E-state index in [0.717, 1.165) is 5.56 Å². The van der Waals surface area contributed by atoms with Gasteiger partial charge in [0.2, 0.25) is 5.91 Å². The lowest BCUT2D eigenvalue weighted by Crippen LogP contribution is -2.23. The Kier molecular flexibility index (Phi) is 3.34. The highest BCUT2D eigenvalue weighted by atomic mass is 16.7. The number of carbonyl (C=O) groups excluding carboxylic acids is 1. The molecule has 1 amide bonds. The first kappa shape index (κ1) is 11.5. The zero-order valence-electron chi connectivity index (χ0n) is 9.18. The predicted octanol–water partition coefficient (Wildman–Crippen LogP) is 0.280. The Balaban J connectivity index is 1.92. The molecular weight excluding hydrogens is 221 g/mol. The van der Waals surface area contributed by atoms with Gasteiger partial charge in [0.15, 0.2) is 0 Å². The molecule has 0 bridgehead atoms. The summed E-state index contributed by atoms with van der Waals surface area (Å²) >= 11 is 0. The molecule has 2 N–H and O–H groups in total. The van der Waals surface area contributed by atoms with Gasteiger partial charge in [-0.25, -0.2) is 0 Å². The van der Waals surface area contributed by atoms with E-state index in [1.807, 2.05) is 6.07 Å². The van der Waals surface area contributed by atoms with Crippen molar-refractivity contribution in [3.63, 3.8) is 0 Å². The number of rotatable bonds is 4. The zero-order chi connectivity index (χ0) is 12.3. The SMILES string of the molecule is C=CC(=O)NCCc1ccc2c(c1)OB(O)O2. The van der Waals surface area contributed by atoms with Gasteiger partial charge in [0.1, 0.15) is 11.5 Å². The Bertz CT molecular complexity index is 449. The molecular formula is C11H12BNO4. The third-order valence-corrected chi connectivity index (χ3v) is 2.36. The average molecular weight is 233 g/mol. The van der Waals surface area contributed by atoms with Gasteiger partial charge in [-0.3, -0.25) is 4.79 Å². The van der Waals surface area contributed by atoms with Gasteiger partial charge in [-0.2, -0.15) is 0 Å². The molecule has 2 rings (SSSR count). The highest BCUT2D eigenvalue weighted by molar-refractivity contribution is 6.38. The van der Waals surface area contributed by atoms with Gasteiger partial charge < -0.3 is 19.6 Å². The molecule has 0 atom stereocenters. The molecule has 88 valence electrons. The third-order valence-electron chi connectivity index (χ3n) is 2.36. The maximum atomic E-state index is 10.9. The van der Waals surface area contributed by atoms with Crippen molar-refractivity contribution in [2.75, 3.05) is 6.54 Å². The molecule has 0 fully saturated rings. The van der Waals surface area contributed by atoms with Crippen LogP contribution in [0.25, 0.3) is 0 Å². The topological polar surface area (TPSA) is 67.8 Å². The van der Waals surface area contributed by atoms with Crippen molar-refractivity contribution >= 4 is 13.2 Å².